The van der Waals surface area contributed by atoms with Gasteiger partial charge in [-0.2, -0.15) is 0 Å². The molecule has 0 aliphatic carbocycles. The number of hydrogen-bond donors (Lipinski definition) is 0. The predicted molar refractivity (Wildman–Crippen MR) is 101 cm³/mol. The summed E-state index contributed by atoms with van der Waals surface area (Å²) in [6.07, 6.45) is 2.31. The number of nitrogens with zero attached hydrogens (tertiary/aromatic N) is 3. The van der Waals surface area contributed by atoms with E-state index in [4.69, 9.17) is 0 Å². The fraction of sp³-hybridized carbons (Fsp3) is 0.600. The standard InChI is InChI=1S/C20H31N3/c1-15(2)22-9-11-23(12-10-22)19-14-21(6)18-13-16(20(3,4)5)7-8-17(18)19/h7-8,13-15H,9-12H2,1-6H3. The lowest BCUT2D eigenvalue weighted by Gasteiger charge is -2.37. The minimum Gasteiger partial charge on any atom is -0.367 e. The van der Waals surface area contributed by atoms with E-state index in [1.807, 2.05) is 0 Å². The number of aryl methyl sites for hydroxylation is 1. The molecule has 0 saturated carbocycles. The van der Waals surface area contributed by atoms with Gasteiger partial charge < -0.3 is 9.47 Å². The molecule has 1 aromatic heterocycles. The summed E-state index contributed by atoms with van der Waals surface area (Å²) in [5, 5.41) is 1.39. The van der Waals surface area contributed by atoms with Crippen molar-refractivity contribution >= 4 is 16.6 Å². The van der Waals surface area contributed by atoms with Gasteiger partial charge in [-0.15, -0.1) is 0 Å². The summed E-state index contributed by atoms with van der Waals surface area (Å²) in [5.74, 6) is 0. The third-order valence-electron chi connectivity index (χ3n) is 5.22. The number of benzene rings is 1. The van der Waals surface area contributed by atoms with Crippen molar-refractivity contribution in [1.82, 2.24) is 9.47 Å². The lowest BCUT2D eigenvalue weighted by Crippen LogP contribution is -2.48. The van der Waals surface area contributed by atoms with Crippen LogP contribution in [0.15, 0.2) is 24.4 Å². The van der Waals surface area contributed by atoms with Crippen molar-refractivity contribution in [2.24, 2.45) is 7.05 Å². The van der Waals surface area contributed by atoms with Crippen LogP contribution in [-0.4, -0.2) is 41.7 Å². The Hall–Kier alpha value is -1.48. The quantitative estimate of drug-likeness (QED) is 0.830. The molecule has 23 heavy (non-hydrogen) atoms. The Kier molecular flexibility index (Phi) is 4.18. The van der Waals surface area contributed by atoms with Crippen LogP contribution in [0.4, 0.5) is 5.69 Å². The van der Waals surface area contributed by atoms with Crippen molar-refractivity contribution in [3.63, 3.8) is 0 Å². The lowest BCUT2D eigenvalue weighted by molar-refractivity contribution is 0.209. The molecule has 1 aliphatic rings. The maximum absolute atomic E-state index is 2.57. The van der Waals surface area contributed by atoms with Crippen LogP contribution in [0.25, 0.3) is 10.9 Å². The van der Waals surface area contributed by atoms with E-state index in [1.54, 1.807) is 0 Å². The molecule has 1 aromatic carbocycles. The zero-order valence-electron chi connectivity index (χ0n) is 15.6. The van der Waals surface area contributed by atoms with E-state index >= 15 is 0 Å². The van der Waals surface area contributed by atoms with Crippen molar-refractivity contribution < 1.29 is 0 Å². The zero-order chi connectivity index (χ0) is 16.8. The van der Waals surface area contributed by atoms with Gasteiger partial charge in [0.15, 0.2) is 0 Å². The van der Waals surface area contributed by atoms with E-state index in [0.29, 0.717) is 6.04 Å². The molecule has 0 amide bonds. The molecule has 2 aromatic rings. The molecule has 0 spiro atoms. The van der Waals surface area contributed by atoms with Gasteiger partial charge in [0.05, 0.1) is 11.2 Å². The van der Waals surface area contributed by atoms with Crippen LogP contribution >= 0.6 is 0 Å². The van der Waals surface area contributed by atoms with E-state index < -0.39 is 0 Å². The van der Waals surface area contributed by atoms with Crippen molar-refractivity contribution in [2.75, 3.05) is 31.1 Å². The van der Waals surface area contributed by atoms with Gasteiger partial charge in [0.25, 0.3) is 0 Å². The molecular formula is C20H31N3. The van der Waals surface area contributed by atoms with Crippen molar-refractivity contribution in [3.8, 4) is 0 Å². The fourth-order valence-corrected chi connectivity index (χ4v) is 3.56. The van der Waals surface area contributed by atoms with Gasteiger partial charge in [-0.3, -0.25) is 4.90 Å². The van der Waals surface area contributed by atoms with Crippen molar-refractivity contribution in [2.45, 2.75) is 46.1 Å². The number of hydrogen-bond acceptors (Lipinski definition) is 2. The minimum atomic E-state index is 0.196. The molecule has 2 heterocycles. The van der Waals surface area contributed by atoms with Gasteiger partial charge in [0.2, 0.25) is 0 Å². The molecule has 3 heteroatoms. The van der Waals surface area contributed by atoms with Crippen LogP contribution in [-0.2, 0) is 12.5 Å². The first-order valence-electron chi connectivity index (χ1n) is 8.86. The Morgan fingerprint density at radius 3 is 2.22 bits per heavy atom. The van der Waals surface area contributed by atoms with Crippen LogP contribution in [0.3, 0.4) is 0 Å². The van der Waals surface area contributed by atoms with E-state index in [0.717, 1.165) is 26.2 Å². The first-order valence-corrected chi connectivity index (χ1v) is 8.86. The highest BCUT2D eigenvalue weighted by atomic mass is 15.3. The first kappa shape index (κ1) is 16.4. The Bertz CT molecular complexity index is 683. The number of anilines is 1. The third kappa shape index (κ3) is 3.12. The normalized spacial score (nSPS) is 17.4. The van der Waals surface area contributed by atoms with Gasteiger partial charge in [-0.25, -0.2) is 0 Å². The highest BCUT2D eigenvalue weighted by molar-refractivity contribution is 5.94. The van der Waals surface area contributed by atoms with Gasteiger partial charge >= 0.3 is 0 Å². The Morgan fingerprint density at radius 1 is 1.00 bits per heavy atom. The topological polar surface area (TPSA) is 11.4 Å². The highest BCUT2D eigenvalue weighted by Crippen LogP contribution is 2.33. The van der Waals surface area contributed by atoms with Gasteiger partial charge in [-0.05, 0) is 30.9 Å². The highest BCUT2D eigenvalue weighted by Gasteiger charge is 2.22. The van der Waals surface area contributed by atoms with E-state index in [-0.39, 0.29) is 5.41 Å². The first-order chi connectivity index (χ1) is 10.8. The van der Waals surface area contributed by atoms with Crippen LogP contribution in [0.2, 0.25) is 0 Å². The molecule has 1 fully saturated rings. The van der Waals surface area contributed by atoms with Crippen molar-refractivity contribution in [1.29, 1.82) is 0 Å². The second-order valence-corrected chi connectivity index (χ2v) is 8.22. The summed E-state index contributed by atoms with van der Waals surface area (Å²) >= 11 is 0. The van der Waals surface area contributed by atoms with E-state index in [1.165, 1.54) is 22.2 Å². The molecule has 1 saturated heterocycles. The molecule has 1 aliphatic heterocycles. The van der Waals surface area contributed by atoms with Gasteiger partial charge in [0.1, 0.15) is 0 Å². The molecule has 0 radical (unpaired) electrons. The summed E-state index contributed by atoms with van der Waals surface area (Å²) in [7, 11) is 2.17. The zero-order valence-corrected chi connectivity index (χ0v) is 15.6. The van der Waals surface area contributed by atoms with E-state index in [2.05, 4.69) is 80.4 Å². The summed E-state index contributed by atoms with van der Waals surface area (Å²) in [5.41, 5.74) is 4.34. The molecule has 0 N–H and O–H groups in total. The van der Waals surface area contributed by atoms with Crippen LogP contribution in [0.5, 0.6) is 0 Å². The maximum Gasteiger partial charge on any atom is 0.0626 e. The Morgan fingerprint density at radius 2 is 1.65 bits per heavy atom. The van der Waals surface area contributed by atoms with Crippen LogP contribution < -0.4 is 4.90 Å². The maximum atomic E-state index is 2.57. The molecule has 3 nitrogen and oxygen atoms in total. The lowest BCUT2D eigenvalue weighted by atomic mass is 9.86. The van der Waals surface area contributed by atoms with Crippen LogP contribution in [0.1, 0.15) is 40.2 Å². The summed E-state index contributed by atoms with van der Waals surface area (Å²) in [4.78, 5) is 5.12. The molecule has 0 bridgehead atoms. The van der Waals surface area contributed by atoms with E-state index in [9.17, 15) is 0 Å². The number of fused-ring (bicyclic) bond motifs is 1. The average Bonchev–Trinajstić information content (AvgIpc) is 2.83. The summed E-state index contributed by atoms with van der Waals surface area (Å²) in [6, 6.07) is 7.64. The number of rotatable bonds is 2. The summed E-state index contributed by atoms with van der Waals surface area (Å²) in [6.45, 7) is 16.0. The molecular weight excluding hydrogens is 282 g/mol. The van der Waals surface area contributed by atoms with Crippen LogP contribution in [0, 0.1) is 0 Å². The average molecular weight is 313 g/mol. The predicted octanol–water partition coefficient (Wildman–Crippen LogP) is 4.01. The number of piperazine rings is 1. The van der Waals surface area contributed by atoms with Crippen molar-refractivity contribution in [3.05, 3.63) is 30.0 Å². The third-order valence-corrected chi connectivity index (χ3v) is 5.22. The van der Waals surface area contributed by atoms with Gasteiger partial charge in [-0.1, -0.05) is 32.9 Å². The smallest absolute Gasteiger partial charge is 0.0626 e. The fourth-order valence-electron chi connectivity index (χ4n) is 3.56. The molecule has 0 atom stereocenters. The Balaban J connectivity index is 1.91. The van der Waals surface area contributed by atoms with Gasteiger partial charge in [0, 0.05) is 50.9 Å². The monoisotopic (exact) mass is 313 g/mol. The Labute approximate surface area is 140 Å². The largest absolute Gasteiger partial charge is 0.367 e. The number of aromatic nitrogens is 1. The second-order valence-electron chi connectivity index (χ2n) is 8.22. The second kappa shape index (κ2) is 5.86. The molecule has 126 valence electrons. The SMILES string of the molecule is CC(C)N1CCN(c2cn(C)c3cc(C(C)(C)C)ccc23)CC1. The summed E-state index contributed by atoms with van der Waals surface area (Å²) < 4.78 is 2.29. The minimum absolute atomic E-state index is 0.196. The molecule has 0 unspecified atom stereocenters. The molecule has 3 rings (SSSR count).